The maximum Gasteiger partial charge on any atom is 0.0657 e. The van der Waals surface area contributed by atoms with Crippen molar-refractivity contribution in [2.75, 3.05) is 59.1 Å². The molecule has 0 amide bonds. The standard InChI is InChI=1S/C20H34N2O2.2ClH/c1-3-19(2)17-20(8-14-24-19)7-6-11-22(18-20)10-5-4-9-21-12-15-23-16-13-21;;/h3,6-18H2,1-2H3;2*1H. The first kappa shape index (κ1) is 24.0. The second-order valence-electron chi connectivity index (χ2n) is 8.13. The molecule has 3 heterocycles. The van der Waals surface area contributed by atoms with Crippen molar-refractivity contribution in [3.05, 3.63) is 0 Å². The van der Waals surface area contributed by atoms with Gasteiger partial charge in [0.1, 0.15) is 0 Å². The molecule has 0 aromatic carbocycles. The van der Waals surface area contributed by atoms with Crippen molar-refractivity contribution in [1.82, 2.24) is 9.80 Å². The zero-order valence-electron chi connectivity index (χ0n) is 16.4. The Morgan fingerprint density at radius 2 is 1.62 bits per heavy atom. The summed E-state index contributed by atoms with van der Waals surface area (Å²) in [6.07, 6.45) is 6.23. The molecule has 0 N–H and O–H groups in total. The molecular weight excluding hydrogens is 371 g/mol. The first-order chi connectivity index (χ1) is 11.6. The van der Waals surface area contributed by atoms with Crippen LogP contribution in [0.4, 0.5) is 0 Å². The highest BCUT2D eigenvalue weighted by atomic mass is 35.5. The zero-order chi connectivity index (χ0) is 16.9. The molecule has 3 fully saturated rings. The van der Waals surface area contributed by atoms with Gasteiger partial charge in [-0.05, 0) is 51.0 Å². The monoisotopic (exact) mass is 406 g/mol. The van der Waals surface area contributed by atoms with E-state index in [-0.39, 0.29) is 30.4 Å². The Labute approximate surface area is 172 Å². The Bertz CT molecular complexity index is 472. The Morgan fingerprint density at radius 3 is 2.31 bits per heavy atom. The van der Waals surface area contributed by atoms with Crippen LogP contribution in [-0.2, 0) is 9.47 Å². The van der Waals surface area contributed by atoms with E-state index in [4.69, 9.17) is 9.47 Å². The van der Waals surface area contributed by atoms with Crippen molar-refractivity contribution >= 4 is 24.8 Å². The van der Waals surface area contributed by atoms with Crippen LogP contribution in [0.15, 0.2) is 0 Å². The summed E-state index contributed by atoms with van der Waals surface area (Å²) in [7, 11) is 0. The van der Waals surface area contributed by atoms with Gasteiger partial charge < -0.3 is 9.47 Å². The van der Waals surface area contributed by atoms with Crippen molar-refractivity contribution < 1.29 is 9.47 Å². The van der Waals surface area contributed by atoms with Crippen LogP contribution in [0.5, 0.6) is 0 Å². The summed E-state index contributed by atoms with van der Waals surface area (Å²) in [5.74, 6) is 6.80. The van der Waals surface area contributed by atoms with E-state index in [2.05, 4.69) is 35.5 Å². The normalized spacial score (nSPS) is 32.8. The van der Waals surface area contributed by atoms with Crippen molar-refractivity contribution in [2.45, 2.75) is 51.6 Å². The molecule has 2 atom stereocenters. The van der Waals surface area contributed by atoms with Gasteiger partial charge in [-0.25, -0.2) is 0 Å². The molecular formula is C20H36Cl2N2O2. The Balaban J connectivity index is 0.00000169. The highest BCUT2D eigenvalue weighted by Gasteiger charge is 2.44. The number of hydrogen-bond donors (Lipinski definition) is 0. The van der Waals surface area contributed by atoms with Crippen LogP contribution in [-0.4, -0.2) is 74.5 Å². The fraction of sp³-hybridized carbons (Fsp3) is 0.900. The van der Waals surface area contributed by atoms with Crippen LogP contribution in [0, 0.1) is 17.3 Å². The molecule has 0 radical (unpaired) electrons. The number of halogens is 2. The van der Waals surface area contributed by atoms with E-state index in [0.717, 1.165) is 52.4 Å². The molecule has 0 saturated carbocycles. The fourth-order valence-corrected chi connectivity index (χ4v) is 4.56. The molecule has 3 rings (SSSR count). The number of nitrogens with zero attached hydrogens (tertiary/aromatic N) is 2. The molecule has 3 aliphatic heterocycles. The van der Waals surface area contributed by atoms with Gasteiger partial charge in [-0.3, -0.25) is 9.80 Å². The summed E-state index contributed by atoms with van der Waals surface area (Å²) in [4.78, 5) is 4.97. The molecule has 3 saturated heterocycles. The first-order valence-electron chi connectivity index (χ1n) is 9.75. The van der Waals surface area contributed by atoms with E-state index < -0.39 is 0 Å². The number of rotatable bonds is 3. The van der Waals surface area contributed by atoms with E-state index >= 15 is 0 Å². The molecule has 2 unspecified atom stereocenters. The lowest BCUT2D eigenvalue weighted by atomic mass is 9.68. The molecule has 3 aliphatic rings. The number of ether oxygens (including phenoxy) is 2. The van der Waals surface area contributed by atoms with Crippen LogP contribution < -0.4 is 0 Å². The predicted octanol–water partition coefficient (Wildman–Crippen LogP) is 3.23. The van der Waals surface area contributed by atoms with E-state index in [1.54, 1.807) is 0 Å². The molecule has 0 bridgehead atoms. The van der Waals surface area contributed by atoms with Gasteiger partial charge >= 0.3 is 0 Å². The largest absolute Gasteiger partial charge is 0.379 e. The van der Waals surface area contributed by atoms with Crippen LogP contribution in [0.25, 0.3) is 0 Å². The summed E-state index contributed by atoms with van der Waals surface area (Å²) in [6, 6.07) is 0. The van der Waals surface area contributed by atoms with Crippen molar-refractivity contribution in [2.24, 2.45) is 5.41 Å². The molecule has 6 heteroatoms. The number of hydrogen-bond acceptors (Lipinski definition) is 4. The smallest absolute Gasteiger partial charge is 0.0657 e. The molecule has 152 valence electrons. The quantitative estimate of drug-likeness (QED) is 0.671. The number of piperidine rings is 1. The molecule has 4 nitrogen and oxygen atoms in total. The Hall–Kier alpha value is -0.0200. The zero-order valence-corrected chi connectivity index (χ0v) is 18.1. The lowest BCUT2D eigenvalue weighted by molar-refractivity contribution is -0.132. The van der Waals surface area contributed by atoms with E-state index in [1.165, 1.54) is 38.8 Å². The van der Waals surface area contributed by atoms with Crippen molar-refractivity contribution in [1.29, 1.82) is 0 Å². The third kappa shape index (κ3) is 6.55. The molecule has 1 spiro atoms. The van der Waals surface area contributed by atoms with Gasteiger partial charge in [-0.1, -0.05) is 18.8 Å². The molecule has 0 aliphatic carbocycles. The minimum atomic E-state index is 0. The fourth-order valence-electron chi connectivity index (χ4n) is 4.56. The van der Waals surface area contributed by atoms with Crippen LogP contribution in [0.2, 0.25) is 0 Å². The summed E-state index contributed by atoms with van der Waals surface area (Å²) in [5.41, 5.74) is 0.552. The summed E-state index contributed by atoms with van der Waals surface area (Å²) in [5, 5.41) is 0. The van der Waals surface area contributed by atoms with Gasteiger partial charge in [0.05, 0.1) is 31.9 Å². The topological polar surface area (TPSA) is 24.9 Å². The number of morpholine rings is 1. The van der Waals surface area contributed by atoms with E-state index in [1.807, 2.05) is 0 Å². The van der Waals surface area contributed by atoms with Gasteiger partial charge in [0.25, 0.3) is 0 Å². The maximum atomic E-state index is 6.08. The third-order valence-electron chi connectivity index (χ3n) is 6.15. The van der Waals surface area contributed by atoms with Gasteiger partial charge in [-0.2, -0.15) is 0 Å². The van der Waals surface area contributed by atoms with Crippen molar-refractivity contribution in [3.63, 3.8) is 0 Å². The van der Waals surface area contributed by atoms with Gasteiger partial charge in [0, 0.05) is 26.2 Å². The van der Waals surface area contributed by atoms with Gasteiger partial charge in [0.2, 0.25) is 0 Å². The molecule has 26 heavy (non-hydrogen) atoms. The Morgan fingerprint density at radius 1 is 0.923 bits per heavy atom. The van der Waals surface area contributed by atoms with E-state index in [0.29, 0.717) is 5.41 Å². The highest BCUT2D eigenvalue weighted by molar-refractivity contribution is 5.85. The minimum absolute atomic E-state index is 0. The van der Waals surface area contributed by atoms with Crippen molar-refractivity contribution in [3.8, 4) is 11.8 Å². The average Bonchev–Trinajstić information content (AvgIpc) is 2.60. The van der Waals surface area contributed by atoms with Crippen LogP contribution in [0.3, 0.4) is 0 Å². The summed E-state index contributed by atoms with van der Waals surface area (Å²) < 4.78 is 11.5. The van der Waals surface area contributed by atoms with Crippen LogP contribution >= 0.6 is 24.8 Å². The van der Waals surface area contributed by atoms with Gasteiger partial charge in [0.15, 0.2) is 0 Å². The SMILES string of the molecule is CCC1(C)CC2(CCCN(CC#CCN3CCOCC3)C2)CCO1.Cl.Cl. The molecule has 0 aromatic heterocycles. The second-order valence-corrected chi connectivity index (χ2v) is 8.13. The number of likely N-dealkylation sites (tertiary alicyclic amines) is 1. The van der Waals surface area contributed by atoms with E-state index in [9.17, 15) is 0 Å². The van der Waals surface area contributed by atoms with Gasteiger partial charge in [-0.15, -0.1) is 24.8 Å². The maximum absolute atomic E-state index is 6.08. The second kappa shape index (κ2) is 11.1. The lowest BCUT2D eigenvalue weighted by Crippen LogP contribution is -2.51. The lowest BCUT2D eigenvalue weighted by Gasteiger charge is -2.50. The average molecular weight is 407 g/mol. The minimum Gasteiger partial charge on any atom is -0.379 e. The third-order valence-corrected chi connectivity index (χ3v) is 6.15. The predicted molar refractivity (Wildman–Crippen MR) is 112 cm³/mol. The first-order valence-corrected chi connectivity index (χ1v) is 9.75. The Kier molecular flexibility index (Phi) is 10.3. The summed E-state index contributed by atoms with van der Waals surface area (Å²) in [6.45, 7) is 13.5. The van der Waals surface area contributed by atoms with Crippen LogP contribution in [0.1, 0.15) is 46.0 Å². The summed E-state index contributed by atoms with van der Waals surface area (Å²) >= 11 is 0. The highest BCUT2D eigenvalue weighted by Crippen LogP contribution is 2.45. The molecule has 0 aromatic rings.